The molecule has 1 heterocycles. The van der Waals surface area contributed by atoms with E-state index in [0.29, 0.717) is 19.4 Å². The summed E-state index contributed by atoms with van der Waals surface area (Å²) in [5.41, 5.74) is 17.0. The summed E-state index contributed by atoms with van der Waals surface area (Å²) in [4.78, 5) is 34.6. The van der Waals surface area contributed by atoms with Crippen LogP contribution in [0.15, 0.2) is 30.3 Å². The minimum absolute atomic E-state index is 0.0141. The first kappa shape index (κ1) is 24.5. The van der Waals surface area contributed by atoms with Crippen LogP contribution < -0.4 is 22.5 Å². The number of nitrogens with zero attached hydrogens (tertiary/aromatic N) is 1. The number of nitrogens with one attached hydrogen (secondary N) is 1. The van der Waals surface area contributed by atoms with Crippen LogP contribution in [0.3, 0.4) is 0 Å². The molecule has 1 aromatic rings. The first-order valence-electron chi connectivity index (χ1n) is 9.46. The molecule has 10 heteroatoms. The monoisotopic (exact) mass is 409 g/mol. The lowest BCUT2D eigenvalue weighted by Gasteiger charge is -2.20. The Kier molecular flexibility index (Phi) is 10.8. The molecular formula is C19H31N5O5. The highest BCUT2D eigenvalue weighted by Gasteiger charge is 2.38. The number of rotatable bonds is 8. The van der Waals surface area contributed by atoms with E-state index in [1.165, 1.54) is 4.90 Å². The second-order valence-electron chi connectivity index (χ2n) is 6.79. The molecule has 0 spiro atoms. The molecule has 1 aliphatic rings. The van der Waals surface area contributed by atoms with Crippen LogP contribution in [0.2, 0.25) is 0 Å². The number of likely N-dealkylation sites (tertiary alicyclic amines) is 1. The number of amides is 2. The standard InChI is InChI=1S/C11H17N3O.C8H14N2O4/c12-10(13)6-7-11(15)14-8-9-4-2-1-3-5-9;9-2-1-7(12)10-4-5(11)3-6(10)8(13)14/h1-5,10H,6-8,12-13H2,(H,14,15);5-6,11H,1-4,9H2,(H,13,14)/t;5-,6+/m.1/s1. The number of carbonyl (C=O) groups is 3. The molecule has 1 fully saturated rings. The number of nitrogens with two attached hydrogens (primary N) is 3. The van der Waals surface area contributed by atoms with Gasteiger partial charge >= 0.3 is 5.97 Å². The van der Waals surface area contributed by atoms with Crippen molar-refractivity contribution in [2.45, 2.75) is 50.5 Å². The maximum Gasteiger partial charge on any atom is 0.326 e. The van der Waals surface area contributed by atoms with Gasteiger partial charge in [-0.3, -0.25) is 9.59 Å². The fourth-order valence-electron chi connectivity index (χ4n) is 2.77. The predicted octanol–water partition coefficient (Wildman–Crippen LogP) is -1.29. The first-order valence-corrected chi connectivity index (χ1v) is 9.46. The highest BCUT2D eigenvalue weighted by atomic mass is 16.4. The van der Waals surface area contributed by atoms with E-state index in [2.05, 4.69) is 5.32 Å². The highest BCUT2D eigenvalue weighted by molar-refractivity contribution is 5.84. The van der Waals surface area contributed by atoms with E-state index in [1.54, 1.807) is 0 Å². The van der Waals surface area contributed by atoms with Gasteiger partial charge in [0, 0.05) is 38.9 Å². The zero-order chi connectivity index (χ0) is 21.8. The number of aliphatic carboxylic acids is 1. The molecule has 0 saturated carbocycles. The van der Waals surface area contributed by atoms with Gasteiger partial charge in [0.1, 0.15) is 6.04 Å². The normalized spacial score (nSPS) is 18.2. The largest absolute Gasteiger partial charge is 0.480 e. The van der Waals surface area contributed by atoms with Gasteiger partial charge in [-0.2, -0.15) is 0 Å². The molecule has 10 nitrogen and oxygen atoms in total. The number of hydrogen-bond acceptors (Lipinski definition) is 7. The third kappa shape index (κ3) is 9.48. The second-order valence-corrected chi connectivity index (χ2v) is 6.79. The first-order chi connectivity index (χ1) is 13.7. The Morgan fingerprint density at radius 2 is 1.83 bits per heavy atom. The molecule has 2 amide bonds. The van der Waals surface area contributed by atoms with Crippen molar-refractivity contribution in [1.29, 1.82) is 0 Å². The van der Waals surface area contributed by atoms with Gasteiger partial charge in [-0.15, -0.1) is 0 Å². The van der Waals surface area contributed by atoms with Crippen molar-refractivity contribution in [3.05, 3.63) is 35.9 Å². The molecule has 0 aromatic heterocycles. The molecule has 2 atom stereocenters. The maximum absolute atomic E-state index is 11.4. The Morgan fingerprint density at radius 1 is 1.17 bits per heavy atom. The van der Waals surface area contributed by atoms with Gasteiger partial charge < -0.3 is 37.6 Å². The molecule has 9 N–H and O–H groups in total. The van der Waals surface area contributed by atoms with Gasteiger partial charge in [-0.1, -0.05) is 30.3 Å². The summed E-state index contributed by atoms with van der Waals surface area (Å²) in [6, 6.07) is 8.86. The van der Waals surface area contributed by atoms with Crippen molar-refractivity contribution >= 4 is 17.8 Å². The summed E-state index contributed by atoms with van der Waals surface area (Å²) in [5, 5.41) is 20.8. The topological polar surface area (TPSA) is 185 Å². The summed E-state index contributed by atoms with van der Waals surface area (Å²) < 4.78 is 0. The van der Waals surface area contributed by atoms with Crippen molar-refractivity contribution in [3.63, 3.8) is 0 Å². The Labute approximate surface area is 170 Å². The average molecular weight is 409 g/mol. The van der Waals surface area contributed by atoms with E-state index in [0.717, 1.165) is 5.56 Å². The summed E-state index contributed by atoms with van der Waals surface area (Å²) in [7, 11) is 0. The number of aliphatic hydroxyl groups is 1. The van der Waals surface area contributed by atoms with Gasteiger partial charge in [-0.25, -0.2) is 4.79 Å². The van der Waals surface area contributed by atoms with E-state index >= 15 is 0 Å². The van der Waals surface area contributed by atoms with Crippen LogP contribution >= 0.6 is 0 Å². The van der Waals surface area contributed by atoms with Gasteiger partial charge in [0.25, 0.3) is 0 Å². The van der Waals surface area contributed by atoms with Crippen molar-refractivity contribution in [2.24, 2.45) is 17.2 Å². The van der Waals surface area contributed by atoms with E-state index in [9.17, 15) is 19.5 Å². The number of carboxylic acids is 1. The minimum Gasteiger partial charge on any atom is -0.480 e. The molecule has 162 valence electrons. The van der Waals surface area contributed by atoms with Crippen LogP contribution in [0, 0.1) is 0 Å². The van der Waals surface area contributed by atoms with Crippen molar-refractivity contribution in [1.82, 2.24) is 10.2 Å². The van der Waals surface area contributed by atoms with Crippen molar-refractivity contribution in [3.8, 4) is 0 Å². The lowest BCUT2D eigenvalue weighted by Crippen LogP contribution is -2.41. The van der Waals surface area contributed by atoms with Crippen LogP contribution in [0.5, 0.6) is 0 Å². The van der Waals surface area contributed by atoms with Gasteiger partial charge in [0.05, 0.1) is 12.3 Å². The minimum atomic E-state index is -1.08. The van der Waals surface area contributed by atoms with E-state index in [-0.39, 0.29) is 37.7 Å². The maximum atomic E-state index is 11.4. The number of aliphatic hydroxyl groups excluding tert-OH is 1. The highest BCUT2D eigenvalue weighted by Crippen LogP contribution is 2.18. The quantitative estimate of drug-likeness (QED) is 0.286. The number of carboxylic acid groups (broad SMARTS) is 1. The van der Waals surface area contributed by atoms with Crippen LogP contribution in [0.25, 0.3) is 0 Å². The Bertz CT molecular complexity index is 656. The predicted molar refractivity (Wildman–Crippen MR) is 107 cm³/mol. The Balaban J connectivity index is 0.000000291. The molecule has 0 radical (unpaired) electrons. The average Bonchev–Trinajstić information content (AvgIpc) is 3.08. The zero-order valence-electron chi connectivity index (χ0n) is 16.4. The number of benzene rings is 1. The number of hydrogen-bond donors (Lipinski definition) is 6. The molecule has 1 aromatic carbocycles. The molecule has 1 saturated heterocycles. The van der Waals surface area contributed by atoms with E-state index in [4.69, 9.17) is 22.3 Å². The van der Waals surface area contributed by atoms with Crippen LogP contribution in [-0.4, -0.2) is 64.3 Å². The summed E-state index contributed by atoms with van der Waals surface area (Å²) in [6.07, 6.45) is -0.0295. The molecule has 0 unspecified atom stereocenters. The zero-order valence-corrected chi connectivity index (χ0v) is 16.4. The smallest absolute Gasteiger partial charge is 0.326 e. The summed E-state index contributed by atoms with van der Waals surface area (Å²) in [5.74, 6) is -1.40. The van der Waals surface area contributed by atoms with Crippen LogP contribution in [-0.2, 0) is 20.9 Å². The molecule has 29 heavy (non-hydrogen) atoms. The summed E-state index contributed by atoms with van der Waals surface area (Å²) in [6.45, 7) is 0.840. The molecule has 1 aliphatic heterocycles. The van der Waals surface area contributed by atoms with Crippen molar-refractivity contribution in [2.75, 3.05) is 13.1 Å². The lowest BCUT2D eigenvalue weighted by molar-refractivity contribution is -0.148. The van der Waals surface area contributed by atoms with Gasteiger partial charge in [0.2, 0.25) is 11.8 Å². The fourth-order valence-corrected chi connectivity index (χ4v) is 2.77. The Hall–Kier alpha value is -2.53. The van der Waals surface area contributed by atoms with Crippen LogP contribution in [0.4, 0.5) is 0 Å². The summed E-state index contributed by atoms with van der Waals surface area (Å²) >= 11 is 0. The number of carbonyl (C=O) groups excluding carboxylic acids is 2. The molecule has 0 bridgehead atoms. The molecule has 0 aliphatic carbocycles. The molecular weight excluding hydrogens is 378 g/mol. The third-order valence-corrected chi connectivity index (χ3v) is 4.28. The lowest BCUT2D eigenvalue weighted by atomic mass is 10.2. The van der Waals surface area contributed by atoms with Crippen molar-refractivity contribution < 1.29 is 24.6 Å². The van der Waals surface area contributed by atoms with E-state index < -0.39 is 24.3 Å². The fraction of sp³-hybridized carbons (Fsp3) is 0.526. The number of β-amino-alcohol motifs (C(OH)–C–C–N with tert-alkyl or cyclic N) is 1. The van der Waals surface area contributed by atoms with Gasteiger partial charge in [-0.05, 0) is 12.0 Å². The Morgan fingerprint density at radius 3 is 2.38 bits per heavy atom. The molecule has 2 rings (SSSR count). The second kappa shape index (κ2) is 12.8. The third-order valence-electron chi connectivity index (χ3n) is 4.28. The SMILES string of the molecule is NC(N)CCC(=O)NCc1ccccc1.NCCC(=O)N1C[C@H](O)C[C@H]1C(=O)O. The van der Waals surface area contributed by atoms with E-state index in [1.807, 2.05) is 30.3 Å². The van der Waals surface area contributed by atoms with Crippen LogP contribution in [0.1, 0.15) is 31.2 Å². The van der Waals surface area contributed by atoms with Gasteiger partial charge in [0.15, 0.2) is 0 Å².